The Labute approximate surface area is 481 Å². The van der Waals surface area contributed by atoms with Crippen LogP contribution in [0.25, 0.3) is 67.2 Å². The number of aliphatic hydroxyl groups excluding tert-OH is 2. The van der Waals surface area contributed by atoms with Crippen LogP contribution in [0, 0.1) is 0 Å². The first-order valence-corrected chi connectivity index (χ1v) is 30.1. The highest BCUT2D eigenvalue weighted by Gasteiger charge is 2.43. The van der Waals surface area contributed by atoms with Gasteiger partial charge in [-0.2, -0.15) is 0 Å². The van der Waals surface area contributed by atoms with Gasteiger partial charge in [0.25, 0.3) is 0 Å². The predicted octanol–water partition coefficient (Wildman–Crippen LogP) is 21.0. The number of hydrogen-bond donors (Lipinski definition) is 2. The fourth-order valence-electron chi connectivity index (χ4n) is 13.9. The summed E-state index contributed by atoms with van der Waals surface area (Å²) in [6, 6.07) is 58.5. The number of ketones is 2. The molecule has 3 aliphatic carbocycles. The molecule has 3 aliphatic rings. The van der Waals surface area contributed by atoms with Gasteiger partial charge in [-0.25, -0.2) is 0 Å². The first-order chi connectivity index (χ1) is 39.2. The third-order valence-electron chi connectivity index (χ3n) is 18.6. The maximum Gasteiger partial charge on any atom is 0.189 e. The predicted molar refractivity (Wildman–Crippen MR) is 337 cm³/mol. The number of carbonyl (C=O) groups is 2. The molecule has 410 valence electrons. The molecule has 0 heterocycles. The van der Waals surface area contributed by atoms with E-state index < -0.39 is 5.41 Å². The van der Waals surface area contributed by atoms with Gasteiger partial charge in [0.2, 0.25) is 0 Å². The van der Waals surface area contributed by atoms with Crippen LogP contribution in [0.3, 0.4) is 0 Å². The normalized spacial score (nSPS) is 14.9. The summed E-state index contributed by atoms with van der Waals surface area (Å²) in [7, 11) is 0. The summed E-state index contributed by atoms with van der Waals surface area (Å²) in [6.45, 7) is 13.7. The molecule has 0 saturated carbocycles. The van der Waals surface area contributed by atoms with Gasteiger partial charge in [0.05, 0.1) is 0 Å². The maximum atomic E-state index is 14.4. The smallest absolute Gasteiger partial charge is 0.189 e. The van der Waals surface area contributed by atoms with Crippen molar-refractivity contribution in [2.45, 2.75) is 148 Å². The molecule has 0 aliphatic heterocycles. The zero-order valence-electron chi connectivity index (χ0n) is 48.4. The third-order valence-corrected chi connectivity index (χ3v) is 18.6. The first kappa shape index (κ1) is 55.1. The summed E-state index contributed by atoms with van der Waals surface area (Å²) in [5, 5.41) is 23.2. The molecular weight excluding hydrogens is 989 g/mol. The fraction of sp³-hybridized carbons (Fsp3) is 0.299. The van der Waals surface area contributed by atoms with Gasteiger partial charge in [0.15, 0.2) is 11.6 Å². The Morgan fingerprint density at radius 1 is 0.346 bits per heavy atom. The number of aliphatic hydroxyl groups is 2. The Hall–Kier alpha value is -7.82. The Morgan fingerprint density at radius 3 is 1.07 bits per heavy atom. The Kier molecular flexibility index (Phi) is 15.6. The summed E-state index contributed by atoms with van der Waals surface area (Å²) in [5.74, 6) is -0.654. The van der Waals surface area contributed by atoms with Gasteiger partial charge in [-0.1, -0.05) is 264 Å². The second-order valence-corrected chi connectivity index (χ2v) is 24.4. The number of benzene rings is 8. The summed E-state index contributed by atoms with van der Waals surface area (Å²) < 4.78 is 0. The highest BCUT2D eigenvalue weighted by molar-refractivity contribution is 6.10. The van der Waals surface area contributed by atoms with E-state index in [2.05, 4.69) is 151 Å². The molecule has 4 heteroatoms. The number of hydrogen-bond acceptors (Lipinski definition) is 4. The number of rotatable bonds is 22. The van der Waals surface area contributed by atoms with E-state index in [0.717, 1.165) is 83.0 Å². The molecule has 0 radical (unpaired) electrons. The first-order valence-electron chi connectivity index (χ1n) is 30.1. The highest BCUT2D eigenvalue weighted by Crippen LogP contribution is 2.56. The van der Waals surface area contributed by atoms with Gasteiger partial charge < -0.3 is 10.2 Å². The standard InChI is InChI=1S/C77H78O4/c1-7-9-11-13-15-21-43-77(44-22-16-14-12-10-8-2)69-47-57(73(80)49-71(78)53-31-27-51(28-32-53)55-35-39-61-59-23-17-19-25-65(59)75(3,4)67(61)45-55)37-41-63(69)64-42-38-58(48-70(64)77)74(81)50-72(79)54-33-29-52(30-34-54)56-36-40-62-60-24-18-20-26-66(60)76(5,6)68(62)46-56/h17-20,23-42,45-50,78-79H,7-16,21-22,43-44H2,1-6H3/b71-49-,72-50-. The fourth-order valence-corrected chi connectivity index (χ4v) is 13.9. The largest absolute Gasteiger partial charge is 0.507 e. The van der Waals surface area contributed by atoms with Crippen molar-refractivity contribution >= 4 is 23.1 Å². The van der Waals surface area contributed by atoms with Crippen molar-refractivity contribution in [3.8, 4) is 55.6 Å². The number of unbranched alkanes of at least 4 members (excludes halogenated alkanes) is 10. The summed E-state index contributed by atoms with van der Waals surface area (Å²) >= 11 is 0. The molecule has 4 nitrogen and oxygen atoms in total. The molecule has 0 aromatic heterocycles. The van der Waals surface area contributed by atoms with E-state index in [1.165, 1.54) is 108 Å². The molecular formula is C77H78O4. The lowest BCUT2D eigenvalue weighted by Crippen LogP contribution is -2.26. The molecule has 0 saturated heterocycles. The summed E-state index contributed by atoms with van der Waals surface area (Å²) in [5.41, 5.74) is 20.8. The van der Waals surface area contributed by atoms with Crippen LogP contribution in [0.1, 0.15) is 197 Å². The minimum atomic E-state index is -0.430. The van der Waals surface area contributed by atoms with Crippen LogP contribution >= 0.6 is 0 Å². The van der Waals surface area contributed by atoms with Crippen LogP contribution in [-0.4, -0.2) is 21.8 Å². The third kappa shape index (κ3) is 10.5. The molecule has 0 bridgehead atoms. The molecule has 0 atom stereocenters. The molecule has 81 heavy (non-hydrogen) atoms. The molecule has 0 amide bonds. The van der Waals surface area contributed by atoms with Crippen LogP contribution < -0.4 is 0 Å². The molecule has 8 aromatic carbocycles. The molecule has 8 aromatic rings. The summed E-state index contributed by atoms with van der Waals surface area (Å²) in [6.07, 6.45) is 18.4. The second kappa shape index (κ2) is 23.0. The van der Waals surface area contributed by atoms with E-state index in [1.807, 2.05) is 60.7 Å². The summed E-state index contributed by atoms with van der Waals surface area (Å²) in [4.78, 5) is 28.9. The quantitative estimate of drug-likeness (QED) is 0.0307. The van der Waals surface area contributed by atoms with Gasteiger partial charge in [-0.05, 0) is 126 Å². The monoisotopic (exact) mass is 1070 g/mol. The molecule has 0 unspecified atom stereocenters. The maximum absolute atomic E-state index is 14.4. The minimum absolute atomic E-state index is 0.0727. The van der Waals surface area contributed by atoms with Crippen molar-refractivity contribution < 1.29 is 19.8 Å². The Morgan fingerprint density at radius 2 is 0.667 bits per heavy atom. The van der Waals surface area contributed by atoms with Crippen LogP contribution in [0.5, 0.6) is 0 Å². The average Bonchev–Trinajstić information content (AvgIpc) is 3.14. The van der Waals surface area contributed by atoms with Crippen LogP contribution in [0.4, 0.5) is 0 Å². The van der Waals surface area contributed by atoms with Gasteiger partial charge in [-0.15, -0.1) is 0 Å². The van der Waals surface area contributed by atoms with E-state index in [4.69, 9.17) is 0 Å². The molecule has 0 fully saturated rings. The zero-order chi connectivity index (χ0) is 56.5. The SMILES string of the molecule is CCCCCCCCC1(CCCCCCCC)c2cc(C(=O)/C=C(\O)c3ccc(-c4ccc5c(c4)C(C)(C)c4ccccc4-5)cc3)ccc2-c2ccc(C(=O)/C=C(\O)c3ccc(-c4ccc5c(c4)C(C)(C)c4ccccc4-5)cc3)cc21. The van der Waals surface area contributed by atoms with Crippen molar-refractivity contribution in [1.29, 1.82) is 0 Å². The van der Waals surface area contributed by atoms with Gasteiger partial charge in [-0.3, -0.25) is 9.59 Å². The van der Waals surface area contributed by atoms with E-state index in [-0.39, 0.29) is 33.9 Å². The molecule has 0 spiro atoms. The lowest BCUT2D eigenvalue weighted by molar-refractivity contribution is 0.103. The number of carbonyl (C=O) groups excluding carboxylic acids is 2. The van der Waals surface area contributed by atoms with Crippen molar-refractivity contribution in [1.82, 2.24) is 0 Å². The number of fused-ring (bicyclic) bond motifs is 9. The van der Waals surface area contributed by atoms with E-state index in [0.29, 0.717) is 22.3 Å². The van der Waals surface area contributed by atoms with E-state index in [9.17, 15) is 19.8 Å². The van der Waals surface area contributed by atoms with Crippen LogP contribution in [0.2, 0.25) is 0 Å². The van der Waals surface area contributed by atoms with Crippen molar-refractivity contribution in [2.75, 3.05) is 0 Å². The Balaban J connectivity index is 0.867. The zero-order valence-corrected chi connectivity index (χ0v) is 48.4. The second-order valence-electron chi connectivity index (χ2n) is 24.4. The van der Waals surface area contributed by atoms with E-state index in [1.54, 1.807) is 0 Å². The lowest BCUT2D eigenvalue weighted by Gasteiger charge is -2.33. The van der Waals surface area contributed by atoms with E-state index >= 15 is 0 Å². The molecule has 11 rings (SSSR count). The average molecular weight is 1070 g/mol. The topological polar surface area (TPSA) is 74.6 Å². The van der Waals surface area contributed by atoms with Crippen molar-refractivity contribution in [3.05, 3.63) is 238 Å². The van der Waals surface area contributed by atoms with Crippen molar-refractivity contribution in [3.63, 3.8) is 0 Å². The number of allylic oxidation sites excluding steroid dienone is 2. The lowest BCUT2D eigenvalue weighted by atomic mass is 9.70. The van der Waals surface area contributed by atoms with Gasteiger partial charge in [0, 0.05) is 50.7 Å². The highest BCUT2D eigenvalue weighted by atomic mass is 16.3. The van der Waals surface area contributed by atoms with Crippen LogP contribution in [-0.2, 0) is 16.2 Å². The van der Waals surface area contributed by atoms with Crippen LogP contribution in [0.15, 0.2) is 182 Å². The van der Waals surface area contributed by atoms with Gasteiger partial charge in [0.1, 0.15) is 11.5 Å². The van der Waals surface area contributed by atoms with Gasteiger partial charge >= 0.3 is 0 Å². The van der Waals surface area contributed by atoms with Crippen molar-refractivity contribution in [2.24, 2.45) is 0 Å². The molecule has 2 N–H and O–H groups in total. The Bertz CT molecular complexity index is 3480. The minimum Gasteiger partial charge on any atom is -0.507 e.